The molecule has 0 aromatic heterocycles. The Balaban J connectivity index is 1.61. The van der Waals surface area contributed by atoms with Gasteiger partial charge in [0.15, 0.2) is 5.78 Å². The number of nitrogens with zero attached hydrogens (tertiary/aromatic N) is 2. The molecule has 1 aliphatic heterocycles. The molecule has 0 amide bonds. The molecule has 1 aliphatic rings. The van der Waals surface area contributed by atoms with Crippen LogP contribution in [-0.4, -0.2) is 55.0 Å². The van der Waals surface area contributed by atoms with Gasteiger partial charge in [0.05, 0.1) is 24.7 Å². The van der Waals surface area contributed by atoms with E-state index in [0.717, 1.165) is 13.1 Å². The number of hydrogen-bond donors (Lipinski definition) is 1. The van der Waals surface area contributed by atoms with Crippen LogP contribution in [0.5, 0.6) is 0 Å². The molecule has 0 saturated carbocycles. The molecule has 1 N–H and O–H groups in total. The van der Waals surface area contributed by atoms with Gasteiger partial charge in [-0.3, -0.25) is 19.8 Å². The quantitative estimate of drug-likeness (QED) is 0.429. The topological polar surface area (TPSA) is 84.7 Å². The Labute approximate surface area is 164 Å². The Bertz CT molecular complexity index is 799. The van der Waals surface area contributed by atoms with Gasteiger partial charge in [-0.25, -0.2) is 0 Å². The average Bonchev–Trinajstić information content (AvgIpc) is 2.72. The number of Topliss-reactive ketones (excluding diaryl/α,β-unsaturated/α-hetero) is 1. The fourth-order valence-electron chi connectivity index (χ4n) is 3.33. The van der Waals surface area contributed by atoms with Crippen molar-refractivity contribution in [1.82, 2.24) is 10.2 Å². The van der Waals surface area contributed by atoms with Gasteiger partial charge in [0.1, 0.15) is 0 Å². The first-order chi connectivity index (χ1) is 13.5. The zero-order chi connectivity index (χ0) is 19.9. The smallest absolute Gasteiger partial charge is 0.269 e. The summed E-state index contributed by atoms with van der Waals surface area (Å²) in [5.74, 6) is -0.0838. The zero-order valence-corrected chi connectivity index (χ0v) is 16.0. The second kappa shape index (κ2) is 9.54. The summed E-state index contributed by atoms with van der Waals surface area (Å²) < 4.78 is 5.47. The van der Waals surface area contributed by atoms with Crippen molar-refractivity contribution < 1.29 is 14.5 Å². The van der Waals surface area contributed by atoms with Crippen LogP contribution in [0.25, 0.3) is 0 Å². The highest BCUT2D eigenvalue weighted by atomic mass is 16.6. The first kappa shape index (κ1) is 20.1. The molecule has 28 heavy (non-hydrogen) atoms. The molecule has 1 atom stereocenters. The van der Waals surface area contributed by atoms with Crippen LogP contribution in [0.15, 0.2) is 48.5 Å². The molecule has 0 aliphatic carbocycles. The Morgan fingerprint density at radius 3 is 2.39 bits per heavy atom. The number of benzene rings is 2. The normalized spacial score (nSPS) is 15.9. The number of non-ortho nitro benzene ring substituents is 1. The van der Waals surface area contributed by atoms with E-state index in [2.05, 4.69) is 41.4 Å². The van der Waals surface area contributed by atoms with E-state index in [1.54, 1.807) is 0 Å². The van der Waals surface area contributed by atoms with E-state index in [-0.39, 0.29) is 24.1 Å². The number of nitrogens with one attached hydrogen (secondary N) is 1. The fourth-order valence-corrected chi connectivity index (χ4v) is 3.33. The summed E-state index contributed by atoms with van der Waals surface area (Å²) in [6.07, 6.45) is 0. The molecule has 1 unspecified atom stereocenters. The van der Waals surface area contributed by atoms with Gasteiger partial charge in [0, 0.05) is 43.4 Å². The van der Waals surface area contributed by atoms with E-state index >= 15 is 0 Å². The minimum absolute atomic E-state index is 0.0174. The summed E-state index contributed by atoms with van der Waals surface area (Å²) in [6, 6.07) is 14.4. The minimum Gasteiger partial charge on any atom is -0.379 e. The van der Waals surface area contributed by atoms with Crippen molar-refractivity contribution in [3.63, 3.8) is 0 Å². The summed E-state index contributed by atoms with van der Waals surface area (Å²) >= 11 is 0. The maximum absolute atomic E-state index is 12.4. The fraction of sp³-hybridized carbons (Fsp3) is 0.381. The molecule has 7 nitrogen and oxygen atoms in total. The van der Waals surface area contributed by atoms with Crippen LogP contribution in [0.1, 0.15) is 27.5 Å². The highest BCUT2D eigenvalue weighted by Gasteiger charge is 2.22. The molecule has 0 radical (unpaired) electrons. The van der Waals surface area contributed by atoms with Gasteiger partial charge < -0.3 is 10.1 Å². The zero-order valence-electron chi connectivity index (χ0n) is 16.0. The second-order valence-electron chi connectivity index (χ2n) is 6.93. The maximum atomic E-state index is 12.4. The van der Waals surface area contributed by atoms with Crippen LogP contribution in [0.4, 0.5) is 5.69 Å². The molecule has 0 bridgehead atoms. The van der Waals surface area contributed by atoms with Crippen molar-refractivity contribution in [2.75, 3.05) is 39.4 Å². The molecule has 2 aromatic carbocycles. The Kier molecular flexibility index (Phi) is 6.86. The number of hydrogen-bond acceptors (Lipinski definition) is 6. The first-order valence-electron chi connectivity index (χ1n) is 9.41. The maximum Gasteiger partial charge on any atom is 0.269 e. The number of morpholine rings is 1. The number of nitro benzene ring substituents is 1. The van der Waals surface area contributed by atoms with Gasteiger partial charge in [-0.2, -0.15) is 0 Å². The minimum atomic E-state index is -0.471. The summed E-state index contributed by atoms with van der Waals surface area (Å²) in [5.41, 5.74) is 2.88. The number of nitro groups is 1. The molecule has 148 valence electrons. The number of ketones is 1. The van der Waals surface area contributed by atoms with Crippen LogP contribution in [0.3, 0.4) is 0 Å². The number of carbonyl (C=O) groups is 1. The number of aryl methyl sites for hydroxylation is 1. The van der Waals surface area contributed by atoms with Crippen LogP contribution in [0, 0.1) is 17.0 Å². The molecule has 0 spiro atoms. The van der Waals surface area contributed by atoms with Gasteiger partial charge in [-0.1, -0.05) is 29.8 Å². The second-order valence-corrected chi connectivity index (χ2v) is 6.93. The summed E-state index contributed by atoms with van der Waals surface area (Å²) in [5, 5.41) is 14.0. The molecule has 1 saturated heterocycles. The highest BCUT2D eigenvalue weighted by Crippen LogP contribution is 2.22. The monoisotopic (exact) mass is 383 g/mol. The molecular formula is C21H25N3O4. The van der Waals surface area contributed by atoms with Crippen molar-refractivity contribution in [2.24, 2.45) is 0 Å². The van der Waals surface area contributed by atoms with Crippen LogP contribution in [-0.2, 0) is 4.74 Å². The van der Waals surface area contributed by atoms with Gasteiger partial charge in [0.2, 0.25) is 0 Å². The lowest BCUT2D eigenvalue weighted by Crippen LogP contribution is -2.43. The highest BCUT2D eigenvalue weighted by molar-refractivity contribution is 5.97. The summed E-state index contributed by atoms with van der Waals surface area (Å²) in [6.45, 7) is 6.03. The van der Waals surface area contributed by atoms with Crippen molar-refractivity contribution in [1.29, 1.82) is 0 Å². The number of rotatable bonds is 8. The summed E-state index contributed by atoms with van der Waals surface area (Å²) in [7, 11) is 0. The molecule has 1 fully saturated rings. The molecule has 2 aromatic rings. The Morgan fingerprint density at radius 1 is 1.14 bits per heavy atom. The molecule has 3 rings (SSSR count). The predicted molar refractivity (Wildman–Crippen MR) is 107 cm³/mol. The Hall–Kier alpha value is -2.61. The summed E-state index contributed by atoms with van der Waals surface area (Å²) in [4.78, 5) is 25.0. The van der Waals surface area contributed by atoms with Gasteiger partial charge in [0.25, 0.3) is 5.69 Å². The van der Waals surface area contributed by atoms with E-state index in [0.29, 0.717) is 25.3 Å². The molecular weight excluding hydrogens is 358 g/mol. The molecule has 1 heterocycles. The molecule has 7 heteroatoms. The van der Waals surface area contributed by atoms with E-state index < -0.39 is 4.92 Å². The lowest BCUT2D eigenvalue weighted by atomic mass is 10.0. The average molecular weight is 383 g/mol. The van der Waals surface area contributed by atoms with Crippen molar-refractivity contribution in [3.05, 3.63) is 75.3 Å². The third-order valence-corrected chi connectivity index (χ3v) is 4.97. The third-order valence-electron chi connectivity index (χ3n) is 4.97. The van der Waals surface area contributed by atoms with Gasteiger partial charge >= 0.3 is 0 Å². The van der Waals surface area contributed by atoms with Crippen molar-refractivity contribution in [2.45, 2.75) is 13.0 Å². The SMILES string of the molecule is Cc1ccc(C(CNCC(=O)c2ccc([N+](=O)[O-])cc2)N2CCOCC2)cc1. The Morgan fingerprint density at radius 2 is 1.79 bits per heavy atom. The third kappa shape index (κ3) is 5.22. The van der Waals surface area contributed by atoms with Gasteiger partial charge in [-0.05, 0) is 24.6 Å². The predicted octanol–water partition coefficient (Wildman–Crippen LogP) is 2.75. The largest absolute Gasteiger partial charge is 0.379 e. The lowest BCUT2D eigenvalue weighted by molar-refractivity contribution is -0.384. The number of carbonyl (C=O) groups excluding carboxylic acids is 1. The first-order valence-corrected chi connectivity index (χ1v) is 9.41. The van der Waals surface area contributed by atoms with E-state index in [1.807, 2.05) is 0 Å². The van der Waals surface area contributed by atoms with Gasteiger partial charge in [-0.15, -0.1) is 0 Å². The van der Waals surface area contributed by atoms with Crippen LogP contribution in [0.2, 0.25) is 0 Å². The van der Waals surface area contributed by atoms with Crippen LogP contribution >= 0.6 is 0 Å². The van der Waals surface area contributed by atoms with Crippen molar-refractivity contribution >= 4 is 11.5 Å². The number of ether oxygens (including phenoxy) is 1. The van der Waals surface area contributed by atoms with E-state index in [4.69, 9.17) is 4.74 Å². The van der Waals surface area contributed by atoms with E-state index in [9.17, 15) is 14.9 Å². The standard InChI is InChI=1S/C21H25N3O4/c1-16-2-4-17(5-3-16)20(23-10-12-28-13-11-23)14-22-15-21(25)18-6-8-19(9-7-18)24(26)27/h2-9,20,22H,10-15H2,1H3. The van der Waals surface area contributed by atoms with E-state index in [1.165, 1.54) is 35.4 Å². The van der Waals surface area contributed by atoms with Crippen LogP contribution < -0.4 is 5.32 Å². The van der Waals surface area contributed by atoms with Crippen molar-refractivity contribution in [3.8, 4) is 0 Å². The lowest BCUT2D eigenvalue weighted by Gasteiger charge is -2.35.